The van der Waals surface area contributed by atoms with E-state index in [1.807, 2.05) is 19.1 Å². The van der Waals surface area contributed by atoms with E-state index in [0.717, 1.165) is 31.5 Å². The van der Waals surface area contributed by atoms with E-state index in [9.17, 15) is 8.42 Å². The van der Waals surface area contributed by atoms with Crippen LogP contribution in [-0.4, -0.2) is 21.5 Å². The minimum absolute atomic E-state index is 0.123. The molecule has 0 heterocycles. The van der Waals surface area contributed by atoms with Crippen molar-refractivity contribution in [2.45, 2.75) is 51.0 Å². The molecule has 0 spiro atoms. The molecule has 0 aromatic heterocycles. The summed E-state index contributed by atoms with van der Waals surface area (Å²) in [6.07, 6.45) is 4.63. The fraction of sp³-hybridized carbons (Fsp3) is 0.625. The van der Waals surface area contributed by atoms with Crippen LogP contribution in [0.3, 0.4) is 0 Å². The van der Waals surface area contributed by atoms with Crippen molar-refractivity contribution >= 4 is 10.0 Å². The summed E-state index contributed by atoms with van der Waals surface area (Å²) >= 11 is 0. The summed E-state index contributed by atoms with van der Waals surface area (Å²) in [5.74, 6) is 0. The van der Waals surface area contributed by atoms with E-state index in [1.165, 1.54) is 12.8 Å². The van der Waals surface area contributed by atoms with Crippen molar-refractivity contribution in [1.82, 2.24) is 10.0 Å². The fourth-order valence-corrected chi connectivity index (χ4v) is 4.01. The van der Waals surface area contributed by atoms with E-state index in [1.54, 1.807) is 12.1 Å². The van der Waals surface area contributed by atoms with Crippen LogP contribution in [-0.2, 0) is 16.6 Å². The quantitative estimate of drug-likeness (QED) is 0.814. The van der Waals surface area contributed by atoms with Crippen LogP contribution >= 0.6 is 0 Å². The fourth-order valence-electron chi connectivity index (χ4n) is 2.81. The maximum atomic E-state index is 12.3. The second-order valence-electron chi connectivity index (χ2n) is 6.27. The van der Waals surface area contributed by atoms with Crippen LogP contribution in [0.2, 0.25) is 0 Å². The van der Waals surface area contributed by atoms with E-state index in [4.69, 9.17) is 0 Å². The summed E-state index contributed by atoms with van der Waals surface area (Å²) in [5, 5.41) is 3.22. The Labute approximate surface area is 128 Å². The molecule has 0 saturated heterocycles. The smallest absolute Gasteiger partial charge is 0.240 e. The van der Waals surface area contributed by atoms with Gasteiger partial charge < -0.3 is 5.32 Å². The maximum Gasteiger partial charge on any atom is 0.240 e. The molecule has 1 aliphatic carbocycles. The van der Waals surface area contributed by atoms with Gasteiger partial charge in [-0.05, 0) is 42.5 Å². The monoisotopic (exact) mass is 310 g/mol. The lowest BCUT2D eigenvalue weighted by molar-refractivity contribution is 0.336. The highest BCUT2D eigenvalue weighted by molar-refractivity contribution is 7.89. The molecule has 0 radical (unpaired) electrons. The lowest BCUT2D eigenvalue weighted by atomic mass is 9.89. The predicted molar refractivity (Wildman–Crippen MR) is 85.6 cm³/mol. The summed E-state index contributed by atoms with van der Waals surface area (Å²) in [5.41, 5.74) is 1.22. The van der Waals surface area contributed by atoms with Crippen LogP contribution in [0.25, 0.3) is 0 Å². The normalized spacial score (nSPS) is 18.0. The Bertz CT molecular complexity index is 546. The predicted octanol–water partition coefficient (Wildman–Crippen LogP) is 2.65. The first-order chi connectivity index (χ1) is 9.95. The summed E-state index contributed by atoms with van der Waals surface area (Å²) in [7, 11) is -3.39. The lowest BCUT2D eigenvalue weighted by Crippen LogP contribution is -2.34. The van der Waals surface area contributed by atoms with Crippen molar-refractivity contribution in [3.63, 3.8) is 0 Å². The molecule has 2 rings (SSSR count). The zero-order valence-electron chi connectivity index (χ0n) is 13.0. The Morgan fingerprint density at radius 3 is 2.33 bits per heavy atom. The number of hydrogen-bond acceptors (Lipinski definition) is 3. The number of nitrogens with one attached hydrogen (secondary N) is 2. The second-order valence-corrected chi connectivity index (χ2v) is 8.03. The minimum atomic E-state index is -3.39. The van der Waals surface area contributed by atoms with E-state index in [0.29, 0.717) is 11.4 Å². The molecule has 21 heavy (non-hydrogen) atoms. The molecule has 1 aliphatic rings. The average molecular weight is 310 g/mol. The average Bonchev–Trinajstić information content (AvgIpc) is 2.91. The minimum Gasteiger partial charge on any atom is -0.313 e. The second kappa shape index (κ2) is 6.90. The zero-order chi connectivity index (χ0) is 15.3. The molecule has 5 heteroatoms. The highest BCUT2D eigenvalue weighted by Crippen LogP contribution is 2.36. The SMILES string of the molecule is CCNCc1ccc(S(=O)(=O)NCC2(C)CCCC2)cc1. The van der Waals surface area contributed by atoms with Crippen LogP contribution in [0.4, 0.5) is 0 Å². The molecule has 0 bridgehead atoms. The molecular weight excluding hydrogens is 284 g/mol. The molecule has 4 nitrogen and oxygen atoms in total. The number of sulfonamides is 1. The van der Waals surface area contributed by atoms with Gasteiger partial charge in [0.15, 0.2) is 0 Å². The first-order valence-electron chi connectivity index (χ1n) is 7.74. The molecule has 0 atom stereocenters. The zero-order valence-corrected chi connectivity index (χ0v) is 13.8. The third-order valence-electron chi connectivity index (χ3n) is 4.31. The Morgan fingerprint density at radius 2 is 1.76 bits per heavy atom. The Hall–Kier alpha value is -0.910. The number of benzene rings is 1. The van der Waals surface area contributed by atoms with Gasteiger partial charge in [-0.2, -0.15) is 0 Å². The van der Waals surface area contributed by atoms with Gasteiger partial charge in [0.05, 0.1) is 4.90 Å². The van der Waals surface area contributed by atoms with Crippen molar-refractivity contribution < 1.29 is 8.42 Å². The molecule has 1 aromatic carbocycles. The number of hydrogen-bond donors (Lipinski definition) is 2. The highest BCUT2D eigenvalue weighted by Gasteiger charge is 2.30. The van der Waals surface area contributed by atoms with E-state index in [2.05, 4.69) is 17.0 Å². The van der Waals surface area contributed by atoms with E-state index < -0.39 is 10.0 Å². The van der Waals surface area contributed by atoms with Gasteiger partial charge in [-0.1, -0.05) is 38.8 Å². The van der Waals surface area contributed by atoms with Gasteiger partial charge in [-0.25, -0.2) is 13.1 Å². The molecule has 1 saturated carbocycles. The van der Waals surface area contributed by atoms with Crippen LogP contribution in [0.1, 0.15) is 45.1 Å². The van der Waals surface area contributed by atoms with Crippen LogP contribution < -0.4 is 10.0 Å². The van der Waals surface area contributed by atoms with Gasteiger partial charge in [-0.3, -0.25) is 0 Å². The summed E-state index contributed by atoms with van der Waals surface area (Å²) in [6.45, 7) is 6.42. The topological polar surface area (TPSA) is 58.2 Å². The molecule has 0 aliphatic heterocycles. The van der Waals surface area contributed by atoms with Gasteiger partial charge in [0, 0.05) is 13.1 Å². The largest absolute Gasteiger partial charge is 0.313 e. The van der Waals surface area contributed by atoms with Crippen LogP contribution in [0, 0.1) is 5.41 Å². The number of rotatable bonds is 7. The molecule has 2 N–H and O–H groups in total. The third-order valence-corrected chi connectivity index (χ3v) is 5.73. The van der Waals surface area contributed by atoms with E-state index >= 15 is 0 Å². The third kappa shape index (κ3) is 4.53. The molecule has 118 valence electrons. The van der Waals surface area contributed by atoms with Crippen molar-refractivity contribution in [2.24, 2.45) is 5.41 Å². The molecule has 0 amide bonds. The lowest BCUT2D eigenvalue weighted by Gasteiger charge is -2.23. The van der Waals surface area contributed by atoms with Gasteiger partial charge in [0.25, 0.3) is 0 Å². The van der Waals surface area contributed by atoms with Gasteiger partial charge in [0.1, 0.15) is 0 Å². The van der Waals surface area contributed by atoms with Gasteiger partial charge in [0.2, 0.25) is 10.0 Å². The molecular formula is C16H26N2O2S. The first-order valence-corrected chi connectivity index (χ1v) is 9.23. The summed E-state index contributed by atoms with van der Waals surface area (Å²) in [6, 6.07) is 7.11. The Morgan fingerprint density at radius 1 is 1.14 bits per heavy atom. The van der Waals surface area contributed by atoms with Crippen molar-refractivity contribution in [1.29, 1.82) is 0 Å². The van der Waals surface area contributed by atoms with Crippen LogP contribution in [0.15, 0.2) is 29.2 Å². The summed E-state index contributed by atoms with van der Waals surface area (Å²) in [4.78, 5) is 0.351. The highest BCUT2D eigenvalue weighted by atomic mass is 32.2. The standard InChI is InChI=1S/C16H26N2O2S/c1-3-17-12-14-6-8-15(9-7-14)21(19,20)18-13-16(2)10-4-5-11-16/h6-9,17-18H,3-5,10-13H2,1-2H3. The van der Waals surface area contributed by atoms with Crippen LogP contribution in [0.5, 0.6) is 0 Å². The van der Waals surface area contributed by atoms with E-state index in [-0.39, 0.29) is 5.41 Å². The molecule has 1 fully saturated rings. The maximum absolute atomic E-state index is 12.3. The Kier molecular flexibility index (Phi) is 5.41. The van der Waals surface area contributed by atoms with Gasteiger partial charge in [-0.15, -0.1) is 0 Å². The van der Waals surface area contributed by atoms with Crippen molar-refractivity contribution in [3.05, 3.63) is 29.8 Å². The summed E-state index contributed by atoms with van der Waals surface area (Å²) < 4.78 is 27.4. The molecule has 0 unspecified atom stereocenters. The van der Waals surface area contributed by atoms with Crippen molar-refractivity contribution in [3.8, 4) is 0 Å². The van der Waals surface area contributed by atoms with Gasteiger partial charge >= 0.3 is 0 Å². The molecule has 1 aromatic rings. The Balaban J connectivity index is 1.98. The van der Waals surface area contributed by atoms with Crippen molar-refractivity contribution in [2.75, 3.05) is 13.1 Å². The first kappa shape index (κ1) is 16.5.